The molecule has 0 radical (unpaired) electrons. The Labute approximate surface area is 175 Å². The van der Waals surface area contributed by atoms with Crippen molar-refractivity contribution >= 4 is 50.7 Å². The van der Waals surface area contributed by atoms with Gasteiger partial charge in [-0.3, -0.25) is 9.59 Å². The number of hydrogen-bond donors (Lipinski definition) is 2. The highest BCUT2D eigenvalue weighted by Gasteiger charge is 2.21. The first-order valence-electron chi connectivity index (χ1n) is 9.02. The van der Waals surface area contributed by atoms with E-state index in [1.54, 1.807) is 18.2 Å². The lowest BCUT2D eigenvalue weighted by atomic mass is 9.90. The van der Waals surface area contributed by atoms with Crippen molar-refractivity contribution < 1.29 is 19.1 Å². The summed E-state index contributed by atoms with van der Waals surface area (Å²) in [5.41, 5.74) is 1.83. The maximum absolute atomic E-state index is 12.2. The number of halogens is 1. The average molecular weight is 465 g/mol. The predicted octanol–water partition coefficient (Wildman–Crippen LogP) is 3.55. The third-order valence-electron chi connectivity index (χ3n) is 4.46. The molecule has 1 heterocycles. The van der Waals surface area contributed by atoms with E-state index in [0.717, 1.165) is 23.7 Å². The van der Waals surface area contributed by atoms with Crippen LogP contribution < -0.4 is 10.6 Å². The van der Waals surface area contributed by atoms with Gasteiger partial charge in [-0.1, -0.05) is 19.1 Å². The van der Waals surface area contributed by atoms with Gasteiger partial charge in [-0.15, -0.1) is 11.3 Å². The number of nitrogens with one attached hydrogen (secondary N) is 2. The minimum atomic E-state index is -0.523. The Balaban J connectivity index is 1.42. The molecule has 8 heteroatoms. The molecule has 1 atom stereocenters. The lowest BCUT2D eigenvalue weighted by Gasteiger charge is -2.16. The molecule has 0 spiro atoms. The highest BCUT2D eigenvalue weighted by molar-refractivity contribution is 9.10. The van der Waals surface area contributed by atoms with E-state index in [1.807, 2.05) is 12.1 Å². The number of anilines is 1. The van der Waals surface area contributed by atoms with Crippen LogP contribution in [0.3, 0.4) is 0 Å². The Kier molecular flexibility index (Phi) is 6.85. The summed E-state index contributed by atoms with van der Waals surface area (Å²) in [6.45, 7) is 1.58. The number of para-hydroxylation sites is 1. The summed E-state index contributed by atoms with van der Waals surface area (Å²) in [7, 11) is 0. The zero-order chi connectivity index (χ0) is 20.1. The number of aryl methyl sites for hydroxylation is 1. The molecule has 0 fully saturated rings. The number of ether oxygens (including phenoxy) is 1. The van der Waals surface area contributed by atoms with Crippen LogP contribution in [0.25, 0.3) is 0 Å². The van der Waals surface area contributed by atoms with Gasteiger partial charge in [-0.25, -0.2) is 4.79 Å². The summed E-state index contributed by atoms with van der Waals surface area (Å²) in [6, 6.07) is 9.05. The fraction of sp³-hybridized carbons (Fsp3) is 0.350. The molecule has 1 aromatic heterocycles. The third kappa shape index (κ3) is 5.42. The average Bonchev–Trinajstić information content (AvgIpc) is 3.09. The van der Waals surface area contributed by atoms with Crippen molar-refractivity contribution in [3.05, 3.63) is 50.1 Å². The van der Waals surface area contributed by atoms with E-state index in [2.05, 4.69) is 33.5 Å². The van der Waals surface area contributed by atoms with Gasteiger partial charge in [0.25, 0.3) is 5.91 Å². The minimum absolute atomic E-state index is 0.205. The highest BCUT2D eigenvalue weighted by Crippen LogP contribution is 2.32. The Morgan fingerprint density at radius 3 is 2.82 bits per heavy atom. The van der Waals surface area contributed by atoms with E-state index in [-0.39, 0.29) is 12.5 Å². The van der Waals surface area contributed by atoms with Crippen molar-refractivity contribution in [3.8, 4) is 0 Å². The monoisotopic (exact) mass is 464 g/mol. The maximum Gasteiger partial charge on any atom is 0.348 e. The number of hydrogen-bond acceptors (Lipinski definition) is 5. The second kappa shape index (κ2) is 9.34. The van der Waals surface area contributed by atoms with E-state index in [1.165, 1.54) is 21.8 Å². The number of esters is 1. The number of carbonyl (C=O) groups excluding carboxylic acids is 3. The lowest BCUT2D eigenvalue weighted by Crippen LogP contribution is -2.35. The summed E-state index contributed by atoms with van der Waals surface area (Å²) in [6.07, 6.45) is 3.10. The normalized spacial score (nSPS) is 15.4. The predicted molar refractivity (Wildman–Crippen MR) is 112 cm³/mol. The minimum Gasteiger partial charge on any atom is -0.451 e. The number of benzene rings is 1. The SMILES string of the molecule is CC1CCc2sc(C(=O)OCC(=O)NCC(=O)Nc3ccccc3Br)cc2C1. The molecule has 2 aromatic rings. The van der Waals surface area contributed by atoms with Crippen molar-refractivity contribution in [2.24, 2.45) is 5.92 Å². The van der Waals surface area contributed by atoms with E-state index >= 15 is 0 Å². The van der Waals surface area contributed by atoms with Crippen molar-refractivity contribution in [1.29, 1.82) is 0 Å². The first kappa shape index (κ1) is 20.5. The molecule has 2 amide bonds. The molecule has 148 valence electrons. The van der Waals surface area contributed by atoms with Gasteiger partial charge in [-0.05, 0) is 64.9 Å². The van der Waals surface area contributed by atoms with Gasteiger partial charge in [0.05, 0.1) is 12.2 Å². The molecule has 2 N–H and O–H groups in total. The van der Waals surface area contributed by atoms with Crippen molar-refractivity contribution in [3.63, 3.8) is 0 Å². The number of thiophene rings is 1. The molecule has 1 aromatic carbocycles. The van der Waals surface area contributed by atoms with Crippen LogP contribution in [0.2, 0.25) is 0 Å². The molecule has 0 aliphatic heterocycles. The Hall–Kier alpha value is -2.19. The smallest absolute Gasteiger partial charge is 0.348 e. The largest absolute Gasteiger partial charge is 0.451 e. The lowest BCUT2D eigenvalue weighted by molar-refractivity contribution is -0.126. The number of amides is 2. The van der Waals surface area contributed by atoms with E-state index in [4.69, 9.17) is 4.74 Å². The van der Waals surface area contributed by atoms with Crippen molar-refractivity contribution in [2.75, 3.05) is 18.5 Å². The van der Waals surface area contributed by atoms with E-state index in [0.29, 0.717) is 16.5 Å². The first-order chi connectivity index (χ1) is 13.4. The second-order valence-electron chi connectivity index (χ2n) is 6.79. The highest BCUT2D eigenvalue weighted by atomic mass is 79.9. The summed E-state index contributed by atoms with van der Waals surface area (Å²) in [4.78, 5) is 37.7. The first-order valence-corrected chi connectivity index (χ1v) is 10.6. The van der Waals surface area contributed by atoms with Crippen LogP contribution in [0, 0.1) is 5.92 Å². The van der Waals surface area contributed by atoms with Crippen molar-refractivity contribution in [1.82, 2.24) is 5.32 Å². The van der Waals surface area contributed by atoms with Crippen LogP contribution in [0.4, 0.5) is 5.69 Å². The molecule has 0 saturated carbocycles. The molecule has 0 saturated heterocycles. The third-order valence-corrected chi connectivity index (χ3v) is 6.37. The molecule has 1 unspecified atom stereocenters. The summed E-state index contributed by atoms with van der Waals surface area (Å²) < 4.78 is 5.83. The number of carbonyl (C=O) groups is 3. The van der Waals surface area contributed by atoms with Gasteiger partial charge in [0.1, 0.15) is 4.88 Å². The van der Waals surface area contributed by atoms with Gasteiger partial charge in [0.2, 0.25) is 5.91 Å². The standard InChI is InChI=1S/C20H21BrN2O4S/c1-12-6-7-16-13(8-12)9-17(28-16)20(26)27-11-19(25)22-10-18(24)23-15-5-3-2-4-14(15)21/h2-5,9,12H,6-8,10-11H2,1H3,(H,22,25)(H,23,24). The van der Waals surface area contributed by atoms with E-state index < -0.39 is 18.5 Å². The topological polar surface area (TPSA) is 84.5 Å². The zero-order valence-electron chi connectivity index (χ0n) is 15.4. The molecule has 0 bridgehead atoms. The van der Waals surface area contributed by atoms with Crippen LogP contribution in [-0.2, 0) is 27.2 Å². The number of fused-ring (bicyclic) bond motifs is 1. The molecule has 6 nitrogen and oxygen atoms in total. The molecular formula is C20H21BrN2O4S. The van der Waals surface area contributed by atoms with E-state index in [9.17, 15) is 14.4 Å². The summed E-state index contributed by atoms with van der Waals surface area (Å²) >= 11 is 4.78. The maximum atomic E-state index is 12.2. The fourth-order valence-corrected chi connectivity index (χ4v) is 4.48. The van der Waals surface area contributed by atoms with Gasteiger partial charge in [0, 0.05) is 9.35 Å². The molecular weight excluding hydrogens is 444 g/mol. The van der Waals surface area contributed by atoms with Crippen LogP contribution in [0.5, 0.6) is 0 Å². The second-order valence-corrected chi connectivity index (χ2v) is 8.78. The van der Waals surface area contributed by atoms with Crippen molar-refractivity contribution in [2.45, 2.75) is 26.2 Å². The quantitative estimate of drug-likeness (QED) is 0.640. The Morgan fingerprint density at radius 2 is 2.04 bits per heavy atom. The summed E-state index contributed by atoms with van der Waals surface area (Å²) in [5, 5.41) is 5.12. The zero-order valence-corrected chi connectivity index (χ0v) is 17.8. The molecule has 1 aliphatic carbocycles. The molecule has 28 heavy (non-hydrogen) atoms. The van der Waals surface area contributed by atoms with Crippen LogP contribution >= 0.6 is 27.3 Å². The fourth-order valence-electron chi connectivity index (χ4n) is 3.00. The van der Waals surface area contributed by atoms with Gasteiger partial charge >= 0.3 is 5.97 Å². The molecule has 1 aliphatic rings. The summed E-state index contributed by atoms with van der Waals surface area (Å²) in [5.74, 6) is -0.767. The van der Waals surface area contributed by atoms with Gasteiger partial charge in [-0.2, -0.15) is 0 Å². The van der Waals surface area contributed by atoms with Crippen LogP contribution in [-0.4, -0.2) is 30.9 Å². The van der Waals surface area contributed by atoms with Crippen LogP contribution in [0.1, 0.15) is 33.5 Å². The van der Waals surface area contributed by atoms with Gasteiger partial charge in [0.15, 0.2) is 6.61 Å². The van der Waals surface area contributed by atoms with Crippen LogP contribution in [0.15, 0.2) is 34.8 Å². The Bertz CT molecular complexity index is 896. The molecule has 3 rings (SSSR count). The Morgan fingerprint density at radius 1 is 1.25 bits per heavy atom. The number of rotatable bonds is 6. The van der Waals surface area contributed by atoms with Gasteiger partial charge < -0.3 is 15.4 Å².